The van der Waals surface area contributed by atoms with Crippen LogP contribution in [0.25, 0.3) is 11.3 Å². The van der Waals surface area contributed by atoms with Gasteiger partial charge in [-0.1, -0.05) is 6.07 Å². The largest absolute Gasteiger partial charge is 0.481 e. The normalized spacial score (nSPS) is 13.3. The van der Waals surface area contributed by atoms with Gasteiger partial charge < -0.3 is 15.4 Å². The van der Waals surface area contributed by atoms with E-state index in [4.69, 9.17) is 4.74 Å². The quantitative estimate of drug-likeness (QED) is 0.588. The second kappa shape index (κ2) is 9.41. The van der Waals surface area contributed by atoms with Crippen LogP contribution in [0.5, 0.6) is 5.06 Å². The number of carbonyl (C=O) groups is 1. The highest BCUT2D eigenvalue weighted by molar-refractivity contribution is 7.08. The van der Waals surface area contributed by atoms with Gasteiger partial charge in [-0.2, -0.15) is 4.37 Å². The van der Waals surface area contributed by atoms with Crippen LogP contribution in [0.15, 0.2) is 36.5 Å². The van der Waals surface area contributed by atoms with Gasteiger partial charge in [0.05, 0.1) is 18.4 Å². The zero-order valence-electron chi connectivity index (χ0n) is 15.3. The lowest BCUT2D eigenvalue weighted by Gasteiger charge is -2.26. The van der Waals surface area contributed by atoms with Crippen molar-refractivity contribution in [2.45, 2.75) is 0 Å². The molecule has 0 atom stereocenters. The summed E-state index contributed by atoms with van der Waals surface area (Å²) in [6.45, 7) is 2.23. The number of nitrogens with one attached hydrogen (secondary N) is 2. The van der Waals surface area contributed by atoms with Gasteiger partial charge in [0.15, 0.2) is 0 Å². The molecule has 1 aliphatic rings. The molecule has 0 saturated carbocycles. The number of aromatic nitrogens is 2. The summed E-state index contributed by atoms with van der Waals surface area (Å²) in [6, 6.07) is 5.21. The number of hydrogen-bond donors (Lipinski definition) is 2. The molecule has 1 fully saturated rings. The Morgan fingerprint density at radius 2 is 1.90 bits per heavy atom. The molecule has 0 bridgehead atoms. The van der Waals surface area contributed by atoms with Crippen LogP contribution in [0, 0.1) is 23.4 Å². The van der Waals surface area contributed by atoms with Gasteiger partial charge >= 0.3 is 0 Å². The molecule has 11 heteroatoms. The first-order valence-corrected chi connectivity index (χ1v) is 9.50. The van der Waals surface area contributed by atoms with Crippen molar-refractivity contribution in [1.29, 1.82) is 0 Å². The Morgan fingerprint density at radius 3 is 2.57 bits per heavy atom. The molecule has 6 nitrogen and oxygen atoms in total. The van der Waals surface area contributed by atoms with Gasteiger partial charge in [-0.15, -0.1) is 12.4 Å². The van der Waals surface area contributed by atoms with E-state index in [1.165, 1.54) is 6.20 Å². The third kappa shape index (κ3) is 4.55. The van der Waals surface area contributed by atoms with Gasteiger partial charge in [0, 0.05) is 30.5 Å². The summed E-state index contributed by atoms with van der Waals surface area (Å²) in [7, 11) is 0. The summed E-state index contributed by atoms with van der Waals surface area (Å²) in [5.74, 6) is -3.17. The lowest BCUT2D eigenvalue weighted by atomic mass is 10.1. The molecule has 1 amide bonds. The predicted octanol–water partition coefficient (Wildman–Crippen LogP) is 3.89. The number of pyridine rings is 1. The van der Waals surface area contributed by atoms with Crippen molar-refractivity contribution in [3.63, 3.8) is 0 Å². The number of amides is 1. The fourth-order valence-corrected chi connectivity index (χ4v) is 3.31. The van der Waals surface area contributed by atoms with Gasteiger partial charge in [-0.3, -0.25) is 4.79 Å². The van der Waals surface area contributed by atoms with Gasteiger partial charge in [0.1, 0.15) is 34.5 Å². The van der Waals surface area contributed by atoms with Crippen LogP contribution >= 0.6 is 23.9 Å². The molecule has 1 aliphatic heterocycles. The fraction of sp³-hybridized carbons (Fsp3) is 0.211. The van der Waals surface area contributed by atoms with Crippen molar-refractivity contribution in [1.82, 2.24) is 14.7 Å². The highest BCUT2D eigenvalue weighted by Crippen LogP contribution is 2.31. The lowest BCUT2D eigenvalue weighted by molar-refractivity contribution is 0.102. The van der Waals surface area contributed by atoms with Gasteiger partial charge in [0.2, 0.25) is 5.06 Å². The van der Waals surface area contributed by atoms with E-state index in [1.807, 2.05) is 0 Å². The maximum absolute atomic E-state index is 14.2. The topological polar surface area (TPSA) is 76.1 Å². The van der Waals surface area contributed by atoms with Crippen LogP contribution in [0.2, 0.25) is 0 Å². The highest BCUT2D eigenvalue weighted by Gasteiger charge is 2.22. The summed E-state index contributed by atoms with van der Waals surface area (Å²) in [5, 5.41) is 6.16. The first kappa shape index (κ1) is 22.0. The highest BCUT2D eigenvalue weighted by atomic mass is 35.5. The first-order valence-electron chi connectivity index (χ1n) is 8.73. The van der Waals surface area contributed by atoms with E-state index in [-0.39, 0.29) is 18.1 Å². The SMILES string of the molecule is Cl.O=C(Nc1cnsc1OCC1CNC1)c1ccc(F)c(-c2c(F)cccc2F)n1. The molecule has 0 unspecified atom stereocenters. The first-order chi connectivity index (χ1) is 14.0. The van der Waals surface area contributed by atoms with Gasteiger partial charge in [-0.05, 0) is 24.3 Å². The minimum Gasteiger partial charge on any atom is -0.481 e. The van der Waals surface area contributed by atoms with Crippen molar-refractivity contribution >= 4 is 35.5 Å². The standard InChI is InChI=1S/C19H15F3N4O2S.ClH/c20-11-2-1-3-12(21)16(11)17-13(22)4-5-14(25-17)18(27)26-15-8-24-29-19(15)28-9-10-6-23-7-10;/h1-5,8,10,23H,6-7,9H2,(H,26,27);1H. The number of carbonyl (C=O) groups excluding carboxylic acids is 1. The minimum absolute atomic E-state index is 0. The molecule has 0 radical (unpaired) electrons. The number of benzene rings is 1. The molecule has 1 aromatic carbocycles. The molecular weight excluding hydrogens is 441 g/mol. The molecule has 2 N–H and O–H groups in total. The summed E-state index contributed by atoms with van der Waals surface area (Å²) in [4.78, 5) is 16.4. The van der Waals surface area contributed by atoms with Gasteiger partial charge in [-0.25, -0.2) is 18.2 Å². The van der Waals surface area contributed by atoms with Crippen molar-refractivity contribution in [2.75, 3.05) is 25.0 Å². The number of nitrogens with zero attached hydrogens (tertiary/aromatic N) is 2. The van der Waals surface area contributed by atoms with Crippen molar-refractivity contribution in [2.24, 2.45) is 5.92 Å². The molecule has 3 aromatic rings. The van der Waals surface area contributed by atoms with Crippen LogP contribution in [0.1, 0.15) is 10.5 Å². The summed E-state index contributed by atoms with van der Waals surface area (Å²) < 4.78 is 51.9. The molecular formula is C19H16ClF3N4O2S. The average Bonchev–Trinajstić information content (AvgIpc) is 3.08. The number of ether oxygens (including phenoxy) is 1. The van der Waals surface area contributed by atoms with Crippen LogP contribution < -0.4 is 15.4 Å². The smallest absolute Gasteiger partial charge is 0.274 e. The zero-order valence-corrected chi connectivity index (χ0v) is 17.0. The molecule has 158 valence electrons. The molecule has 30 heavy (non-hydrogen) atoms. The maximum Gasteiger partial charge on any atom is 0.274 e. The van der Waals surface area contributed by atoms with Gasteiger partial charge in [0.25, 0.3) is 5.91 Å². The van der Waals surface area contributed by atoms with Crippen molar-refractivity contribution in [3.05, 3.63) is 59.7 Å². The second-order valence-corrected chi connectivity index (χ2v) is 7.20. The van der Waals surface area contributed by atoms with E-state index in [2.05, 4.69) is 20.0 Å². The molecule has 0 aliphatic carbocycles. The van der Waals surface area contributed by atoms with E-state index in [1.54, 1.807) is 0 Å². The number of hydrogen-bond acceptors (Lipinski definition) is 6. The zero-order chi connectivity index (χ0) is 20.4. The van der Waals surface area contributed by atoms with E-state index >= 15 is 0 Å². The van der Waals surface area contributed by atoms with Crippen LogP contribution in [0.3, 0.4) is 0 Å². The Bertz CT molecular complexity index is 1040. The summed E-state index contributed by atoms with van der Waals surface area (Å²) in [6.07, 6.45) is 1.43. The Morgan fingerprint density at radius 1 is 1.17 bits per heavy atom. The number of halogens is 4. The maximum atomic E-state index is 14.2. The van der Waals surface area contributed by atoms with Crippen LogP contribution in [0.4, 0.5) is 18.9 Å². The molecule has 3 heterocycles. The molecule has 4 rings (SSSR count). The Labute approximate surface area is 180 Å². The van der Waals surface area contributed by atoms with E-state index in [9.17, 15) is 18.0 Å². The van der Waals surface area contributed by atoms with Crippen molar-refractivity contribution in [3.8, 4) is 16.3 Å². The van der Waals surface area contributed by atoms with E-state index in [0.29, 0.717) is 23.3 Å². The monoisotopic (exact) mass is 456 g/mol. The molecule has 2 aromatic heterocycles. The lowest BCUT2D eigenvalue weighted by Crippen LogP contribution is -2.45. The van der Waals surface area contributed by atoms with Crippen molar-refractivity contribution < 1.29 is 22.7 Å². The summed E-state index contributed by atoms with van der Waals surface area (Å²) in [5.41, 5.74) is -1.07. The third-order valence-corrected chi connectivity index (χ3v) is 5.09. The van der Waals surface area contributed by atoms with E-state index < -0.39 is 34.6 Å². The van der Waals surface area contributed by atoms with Crippen LogP contribution in [-0.4, -0.2) is 35.0 Å². The molecule has 0 spiro atoms. The Balaban J connectivity index is 0.00000256. The average molecular weight is 457 g/mol. The number of rotatable bonds is 6. The second-order valence-electron chi connectivity index (χ2n) is 6.44. The third-order valence-electron chi connectivity index (χ3n) is 4.38. The predicted molar refractivity (Wildman–Crippen MR) is 109 cm³/mol. The van der Waals surface area contributed by atoms with E-state index in [0.717, 1.165) is 55.0 Å². The Kier molecular flexibility index (Phi) is 6.91. The fourth-order valence-electron chi connectivity index (χ4n) is 2.73. The Hall–Kier alpha value is -2.69. The minimum atomic E-state index is -0.975. The molecule has 1 saturated heterocycles. The summed E-state index contributed by atoms with van der Waals surface area (Å²) >= 11 is 1.08. The number of anilines is 1. The van der Waals surface area contributed by atoms with Crippen LogP contribution in [-0.2, 0) is 0 Å².